The van der Waals surface area contributed by atoms with Crippen LogP contribution in [0.25, 0.3) is 0 Å². The average Bonchev–Trinajstić information content (AvgIpc) is 3.17. The third-order valence-electron chi connectivity index (χ3n) is 3.44. The Kier molecular flexibility index (Phi) is 4.55. The lowest BCUT2D eigenvalue weighted by Gasteiger charge is -2.04. The molecule has 0 bridgehead atoms. The third kappa shape index (κ3) is 4.08. The molecule has 0 spiro atoms. The molecule has 0 saturated heterocycles. The van der Waals surface area contributed by atoms with Crippen LogP contribution in [0.3, 0.4) is 0 Å². The van der Waals surface area contributed by atoms with Crippen LogP contribution in [0.5, 0.6) is 0 Å². The molecule has 2 N–H and O–H groups in total. The van der Waals surface area contributed by atoms with Gasteiger partial charge in [0.15, 0.2) is 0 Å². The number of aromatic carboxylic acids is 1. The number of nitrogens with zero attached hydrogens (tertiary/aromatic N) is 5. The summed E-state index contributed by atoms with van der Waals surface area (Å²) in [6.07, 6.45) is 2.85. The molecule has 128 valence electrons. The molecule has 0 aliphatic heterocycles. The topological polar surface area (TPSA) is 115 Å². The molecule has 0 saturated carbocycles. The maximum absolute atomic E-state index is 12.0. The van der Waals surface area contributed by atoms with E-state index < -0.39 is 11.9 Å². The summed E-state index contributed by atoms with van der Waals surface area (Å²) in [5.74, 6) is -1.45. The summed E-state index contributed by atoms with van der Waals surface area (Å²) in [6.45, 7) is 2.31. The van der Waals surface area contributed by atoms with E-state index in [-0.39, 0.29) is 18.2 Å². The Labute approximate surface area is 142 Å². The number of benzene rings is 1. The fraction of sp³-hybridized carbons (Fsp3) is 0.188. The van der Waals surface area contributed by atoms with Gasteiger partial charge < -0.3 is 5.11 Å². The number of hydrogen-bond donors (Lipinski definition) is 2. The minimum Gasteiger partial charge on any atom is -0.477 e. The number of carbonyl (C=O) groups is 2. The summed E-state index contributed by atoms with van der Waals surface area (Å²) in [6, 6.07) is 9.33. The monoisotopic (exact) mass is 340 g/mol. The molecule has 0 atom stereocenters. The van der Waals surface area contributed by atoms with Crippen molar-refractivity contribution in [1.29, 1.82) is 0 Å². The van der Waals surface area contributed by atoms with Crippen molar-refractivity contribution in [3.63, 3.8) is 0 Å². The number of carboxylic acids is 1. The van der Waals surface area contributed by atoms with Gasteiger partial charge in [-0.15, -0.1) is 5.10 Å². The first kappa shape index (κ1) is 16.4. The van der Waals surface area contributed by atoms with Crippen LogP contribution >= 0.6 is 0 Å². The fourth-order valence-electron chi connectivity index (χ4n) is 2.37. The Morgan fingerprint density at radius 2 is 2.12 bits per heavy atom. The Balaban J connectivity index is 1.62. The summed E-state index contributed by atoms with van der Waals surface area (Å²) < 4.78 is 2.71. The highest BCUT2D eigenvalue weighted by atomic mass is 16.4. The predicted octanol–water partition coefficient (Wildman–Crippen LogP) is 1.17. The van der Waals surface area contributed by atoms with E-state index >= 15 is 0 Å². The van der Waals surface area contributed by atoms with E-state index in [1.54, 1.807) is 4.68 Å². The zero-order valence-corrected chi connectivity index (χ0v) is 13.5. The smallest absolute Gasteiger partial charge is 0.354 e. The van der Waals surface area contributed by atoms with Crippen LogP contribution in [0.15, 0.2) is 42.9 Å². The van der Waals surface area contributed by atoms with Crippen molar-refractivity contribution in [1.82, 2.24) is 24.5 Å². The zero-order chi connectivity index (χ0) is 17.8. The number of hydrogen-bond acceptors (Lipinski definition) is 5. The molecule has 9 nitrogen and oxygen atoms in total. The predicted molar refractivity (Wildman–Crippen MR) is 88.1 cm³/mol. The van der Waals surface area contributed by atoms with Crippen LogP contribution in [0.1, 0.15) is 21.6 Å². The molecule has 25 heavy (non-hydrogen) atoms. The Hall–Kier alpha value is -3.49. The van der Waals surface area contributed by atoms with E-state index in [2.05, 4.69) is 20.5 Å². The molecule has 2 heterocycles. The van der Waals surface area contributed by atoms with Crippen LogP contribution in [0.4, 0.5) is 5.95 Å². The lowest BCUT2D eigenvalue weighted by molar-refractivity contribution is -0.117. The number of aryl methyl sites for hydroxylation is 1. The highest BCUT2D eigenvalue weighted by Gasteiger charge is 2.14. The van der Waals surface area contributed by atoms with Crippen molar-refractivity contribution >= 4 is 17.8 Å². The Bertz CT molecular complexity index is 914. The molecule has 9 heteroatoms. The van der Waals surface area contributed by atoms with Crippen LogP contribution in [-0.4, -0.2) is 41.5 Å². The van der Waals surface area contributed by atoms with E-state index in [4.69, 9.17) is 5.11 Å². The number of carbonyl (C=O) groups excluding carboxylic acids is 1. The molecule has 0 aliphatic rings. The van der Waals surface area contributed by atoms with Crippen LogP contribution in [0, 0.1) is 6.92 Å². The summed E-state index contributed by atoms with van der Waals surface area (Å²) in [7, 11) is 0. The first-order valence-corrected chi connectivity index (χ1v) is 7.51. The minimum atomic E-state index is -1.15. The van der Waals surface area contributed by atoms with Gasteiger partial charge in [-0.1, -0.05) is 29.8 Å². The van der Waals surface area contributed by atoms with Gasteiger partial charge in [-0.05, 0) is 18.6 Å². The van der Waals surface area contributed by atoms with Crippen LogP contribution in [-0.2, 0) is 17.9 Å². The molecular weight excluding hydrogens is 324 g/mol. The van der Waals surface area contributed by atoms with Gasteiger partial charge in [0.2, 0.25) is 11.9 Å². The average molecular weight is 340 g/mol. The molecule has 2 aromatic heterocycles. The van der Waals surface area contributed by atoms with E-state index in [1.807, 2.05) is 31.2 Å². The Morgan fingerprint density at radius 3 is 2.88 bits per heavy atom. The lowest BCUT2D eigenvalue weighted by atomic mass is 10.1. The number of aromatic nitrogens is 5. The third-order valence-corrected chi connectivity index (χ3v) is 3.44. The highest BCUT2D eigenvalue weighted by Crippen LogP contribution is 2.07. The van der Waals surface area contributed by atoms with Gasteiger partial charge in [-0.2, -0.15) is 5.10 Å². The van der Waals surface area contributed by atoms with E-state index in [1.165, 1.54) is 18.6 Å². The summed E-state index contributed by atoms with van der Waals surface area (Å²) in [5.41, 5.74) is 2.16. The van der Waals surface area contributed by atoms with Gasteiger partial charge in [0, 0.05) is 6.20 Å². The van der Waals surface area contributed by atoms with Crippen molar-refractivity contribution in [3.05, 3.63) is 59.7 Å². The number of rotatable bonds is 6. The second-order valence-corrected chi connectivity index (χ2v) is 5.48. The second kappa shape index (κ2) is 6.95. The molecule has 1 aromatic carbocycles. The molecule has 0 fully saturated rings. The first-order valence-electron chi connectivity index (χ1n) is 7.51. The second-order valence-electron chi connectivity index (χ2n) is 5.48. The van der Waals surface area contributed by atoms with E-state index in [9.17, 15) is 9.59 Å². The van der Waals surface area contributed by atoms with Gasteiger partial charge in [0.1, 0.15) is 18.6 Å². The quantitative estimate of drug-likeness (QED) is 0.696. The van der Waals surface area contributed by atoms with Gasteiger partial charge >= 0.3 is 5.97 Å². The molecule has 0 radical (unpaired) electrons. The van der Waals surface area contributed by atoms with Gasteiger partial charge in [0.05, 0.1) is 6.54 Å². The first-order chi connectivity index (χ1) is 12.0. The maximum Gasteiger partial charge on any atom is 0.354 e. The van der Waals surface area contributed by atoms with Crippen molar-refractivity contribution in [2.75, 3.05) is 5.32 Å². The normalized spacial score (nSPS) is 10.6. The highest BCUT2D eigenvalue weighted by molar-refractivity contribution is 5.90. The fourth-order valence-corrected chi connectivity index (χ4v) is 2.37. The molecule has 1 amide bonds. The van der Waals surface area contributed by atoms with Crippen molar-refractivity contribution in [3.8, 4) is 0 Å². The number of carboxylic acid groups (broad SMARTS) is 1. The molecule has 3 aromatic rings. The van der Waals surface area contributed by atoms with Crippen LogP contribution < -0.4 is 5.32 Å². The summed E-state index contributed by atoms with van der Waals surface area (Å²) >= 11 is 0. The SMILES string of the molecule is Cc1cccc(Cn2cnc(NC(=O)Cn3nccc3C(=O)O)n2)c1. The standard InChI is InChI=1S/C16H16N6O3/c1-11-3-2-4-12(7-11)8-21-10-17-16(20-21)19-14(23)9-22-13(15(24)25)5-6-18-22/h2-7,10H,8-9H2,1H3,(H,24,25)(H,19,20,23). The zero-order valence-electron chi connectivity index (χ0n) is 13.5. The van der Waals surface area contributed by atoms with E-state index in [0.717, 1.165) is 15.8 Å². The van der Waals surface area contributed by atoms with Crippen LogP contribution in [0.2, 0.25) is 0 Å². The van der Waals surface area contributed by atoms with Crippen molar-refractivity contribution < 1.29 is 14.7 Å². The van der Waals surface area contributed by atoms with Gasteiger partial charge in [-0.3, -0.25) is 10.1 Å². The molecular formula is C16H16N6O3. The molecule has 0 aliphatic carbocycles. The van der Waals surface area contributed by atoms with Gasteiger partial charge in [-0.25, -0.2) is 19.1 Å². The molecule has 0 unspecified atom stereocenters. The largest absolute Gasteiger partial charge is 0.477 e. The number of amides is 1. The van der Waals surface area contributed by atoms with E-state index in [0.29, 0.717) is 6.54 Å². The Morgan fingerprint density at radius 1 is 1.28 bits per heavy atom. The maximum atomic E-state index is 12.0. The number of anilines is 1. The summed E-state index contributed by atoms with van der Waals surface area (Å²) in [5, 5.41) is 19.5. The van der Waals surface area contributed by atoms with Crippen molar-refractivity contribution in [2.45, 2.75) is 20.0 Å². The van der Waals surface area contributed by atoms with Gasteiger partial charge in [0.25, 0.3) is 0 Å². The van der Waals surface area contributed by atoms with Crippen molar-refractivity contribution in [2.24, 2.45) is 0 Å². The minimum absolute atomic E-state index is 0.0620. The molecule has 3 rings (SSSR count). The lowest BCUT2D eigenvalue weighted by Crippen LogP contribution is -2.22. The number of nitrogens with one attached hydrogen (secondary N) is 1. The summed E-state index contributed by atoms with van der Waals surface area (Å²) in [4.78, 5) is 27.1.